The SMILES string of the molecule is Cc1[nH]c2ccccc2c1/C=N\n1c(-c2ccco2)n[nH]c1=S. The molecule has 0 aliphatic rings. The van der Waals surface area contributed by atoms with Crippen LogP contribution >= 0.6 is 12.2 Å². The van der Waals surface area contributed by atoms with E-state index in [0.717, 1.165) is 22.2 Å². The summed E-state index contributed by atoms with van der Waals surface area (Å²) in [6, 6.07) is 11.7. The highest BCUT2D eigenvalue weighted by Crippen LogP contribution is 2.21. The van der Waals surface area contributed by atoms with E-state index in [4.69, 9.17) is 16.6 Å². The summed E-state index contributed by atoms with van der Waals surface area (Å²) in [5.41, 5.74) is 3.15. The molecule has 0 radical (unpaired) electrons. The van der Waals surface area contributed by atoms with Crippen molar-refractivity contribution in [2.24, 2.45) is 5.10 Å². The second kappa shape index (κ2) is 5.36. The Labute approximate surface area is 136 Å². The minimum Gasteiger partial charge on any atom is -0.461 e. The molecule has 2 N–H and O–H groups in total. The van der Waals surface area contributed by atoms with Crippen LogP contribution in [0.3, 0.4) is 0 Å². The fraction of sp³-hybridized carbons (Fsp3) is 0.0625. The van der Waals surface area contributed by atoms with Crippen LogP contribution in [0.25, 0.3) is 22.5 Å². The van der Waals surface area contributed by atoms with Gasteiger partial charge in [0.05, 0.1) is 12.5 Å². The molecule has 1 aromatic carbocycles. The summed E-state index contributed by atoms with van der Waals surface area (Å²) in [6.07, 6.45) is 3.37. The molecule has 23 heavy (non-hydrogen) atoms. The molecule has 0 atom stereocenters. The lowest BCUT2D eigenvalue weighted by Crippen LogP contribution is -1.94. The van der Waals surface area contributed by atoms with Gasteiger partial charge >= 0.3 is 0 Å². The molecule has 6 nitrogen and oxygen atoms in total. The van der Waals surface area contributed by atoms with Gasteiger partial charge in [0.1, 0.15) is 0 Å². The molecule has 7 heteroatoms. The topological polar surface area (TPSA) is 74.9 Å². The van der Waals surface area contributed by atoms with Gasteiger partial charge in [-0.25, -0.2) is 5.10 Å². The summed E-state index contributed by atoms with van der Waals surface area (Å²) in [7, 11) is 0. The van der Waals surface area contributed by atoms with E-state index in [1.807, 2.05) is 31.2 Å². The van der Waals surface area contributed by atoms with Crippen molar-refractivity contribution < 1.29 is 4.42 Å². The number of fused-ring (bicyclic) bond motifs is 1. The molecule has 0 bridgehead atoms. The summed E-state index contributed by atoms with van der Waals surface area (Å²) < 4.78 is 7.33. The van der Waals surface area contributed by atoms with Gasteiger partial charge in [0, 0.05) is 22.2 Å². The van der Waals surface area contributed by atoms with Gasteiger partial charge in [-0.05, 0) is 37.3 Å². The number of aromatic nitrogens is 4. The summed E-state index contributed by atoms with van der Waals surface area (Å²) >= 11 is 5.25. The number of aromatic amines is 2. The number of aryl methyl sites for hydroxylation is 1. The van der Waals surface area contributed by atoms with E-state index in [9.17, 15) is 0 Å². The van der Waals surface area contributed by atoms with Crippen LogP contribution in [0.4, 0.5) is 0 Å². The molecule has 0 spiro atoms. The van der Waals surface area contributed by atoms with Crippen molar-refractivity contribution in [3.8, 4) is 11.6 Å². The smallest absolute Gasteiger partial charge is 0.219 e. The van der Waals surface area contributed by atoms with Crippen LogP contribution in [0, 0.1) is 11.7 Å². The second-order valence-electron chi connectivity index (χ2n) is 5.10. The lowest BCUT2D eigenvalue weighted by atomic mass is 10.1. The van der Waals surface area contributed by atoms with Crippen LogP contribution in [0.1, 0.15) is 11.3 Å². The van der Waals surface area contributed by atoms with Crippen LogP contribution in [0.15, 0.2) is 52.2 Å². The average molecular weight is 323 g/mol. The van der Waals surface area contributed by atoms with E-state index in [2.05, 4.69) is 26.3 Å². The number of para-hydroxylation sites is 1. The zero-order valence-electron chi connectivity index (χ0n) is 12.3. The fourth-order valence-electron chi connectivity index (χ4n) is 2.54. The third-order valence-corrected chi connectivity index (χ3v) is 3.90. The van der Waals surface area contributed by atoms with Gasteiger partial charge in [-0.15, -0.1) is 5.10 Å². The Balaban J connectivity index is 1.82. The standard InChI is InChI=1S/C16H13N5OS/c1-10-12(11-5-2-3-6-13(11)18-10)9-17-21-15(19-20-16(21)23)14-7-4-8-22-14/h2-9,18H,1H3,(H,20,23)/b17-9-. The van der Waals surface area contributed by atoms with Gasteiger partial charge in [-0.3, -0.25) is 0 Å². The van der Waals surface area contributed by atoms with E-state index in [1.165, 1.54) is 0 Å². The van der Waals surface area contributed by atoms with E-state index in [1.54, 1.807) is 23.2 Å². The Bertz CT molecular complexity index is 1050. The van der Waals surface area contributed by atoms with E-state index >= 15 is 0 Å². The molecular weight excluding hydrogens is 310 g/mol. The molecule has 0 unspecified atom stereocenters. The van der Waals surface area contributed by atoms with Crippen LogP contribution in [0.5, 0.6) is 0 Å². The maximum Gasteiger partial charge on any atom is 0.219 e. The first-order valence-electron chi connectivity index (χ1n) is 7.07. The Hall–Kier alpha value is -2.93. The number of nitrogens with zero attached hydrogens (tertiary/aromatic N) is 3. The second-order valence-corrected chi connectivity index (χ2v) is 5.48. The summed E-state index contributed by atoms with van der Waals surface area (Å²) in [5, 5.41) is 12.5. The number of hydrogen-bond acceptors (Lipinski definition) is 4. The van der Waals surface area contributed by atoms with E-state index in [0.29, 0.717) is 16.4 Å². The van der Waals surface area contributed by atoms with E-state index in [-0.39, 0.29) is 0 Å². The van der Waals surface area contributed by atoms with Gasteiger partial charge in [-0.2, -0.15) is 9.78 Å². The molecule has 0 saturated heterocycles. The van der Waals surface area contributed by atoms with Crippen molar-refractivity contribution in [2.75, 3.05) is 0 Å². The molecule has 0 saturated carbocycles. The van der Waals surface area contributed by atoms with Crippen LogP contribution in [0.2, 0.25) is 0 Å². The van der Waals surface area contributed by atoms with Crippen LogP contribution in [-0.4, -0.2) is 26.1 Å². The molecule has 0 amide bonds. The first-order valence-corrected chi connectivity index (χ1v) is 7.48. The molecule has 0 aliphatic heterocycles. The van der Waals surface area contributed by atoms with Gasteiger partial charge in [-0.1, -0.05) is 18.2 Å². The predicted octanol–water partition coefficient (Wildman–Crippen LogP) is 3.87. The largest absolute Gasteiger partial charge is 0.461 e. The van der Waals surface area contributed by atoms with Gasteiger partial charge in [0.2, 0.25) is 10.6 Å². The molecule has 3 heterocycles. The van der Waals surface area contributed by atoms with E-state index < -0.39 is 0 Å². The number of hydrogen-bond donors (Lipinski definition) is 2. The number of benzene rings is 1. The lowest BCUT2D eigenvalue weighted by Gasteiger charge is -1.97. The molecule has 4 rings (SSSR count). The molecule has 114 valence electrons. The summed E-state index contributed by atoms with van der Waals surface area (Å²) in [4.78, 5) is 3.35. The highest BCUT2D eigenvalue weighted by molar-refractivity contribution is 7.71. The van der Waals surface area contributed by atoms with Crippen molar-refractivity contribution in [2.45, 2.75) is 6.92 Å². The number of furan rings is 1. The monoisotopic (exact) mass is 323 g/mol. The van der Waals surface area contributed by atoms with Crippen molar-refractivity contribution in [1.29, 1.82) is 0 Å². The van der Waals surface area contributed by atoms with Crippen molar-refractivity contribution in [1.82, 2.24) is 19.9 Å². The van der Waals surface area contributed by atoms with Gasteiger partial charge in [0.15, 0.2) is 5.76 Å². The zero-order chi connectivity index (χ0) is 15.8. The normalized spacial score (nSPS) is 11.7. The Morgan fingerprint density at radius 3 is 2.96 bits per heavy atom. The number of nitrogens with one attached hydrogen (secondary N) is 2. The third-order valence-electron chi connectivity index (χ3n) is 3.64. The predicted molar refractivity (Wildman–Crippen MR) is 91.1 cm³/mol. The minimum absolute atomic E-state index is 0.408. The van der Waals surface area contributed by atoms with Crippen LogP contribution < -0.4 is 0 Å². The third kappa shape index (κ3) is 2.31. The molecule has 0 fully saturated rings. The Morgan fingerprint density at radius 1 is 1.26 bits per heavy atom. The van der Waals surface area contributed by atoms with Gasteiger partial charge in [0.25, 0.3) is 0 Å². The van der Waals surface area contributed by atoms with Crippen LogP contribution in [-0.2, 0) is 0 Å². The molecule has 0 aliphatic carbocycles. The highest BCUT2D eigenvalue weighted by atomic mass is 32.1. The molecule has 4 aromatic rings. The molecular formula is C16H13N5OS. The minimum atomic E-state index is 0.408. The summed E-state index contributed by atoms with van der Waals surface area (Å²) in [6.45, 7) is 2.02. The van der Waals surface area contributed by atoms with Crippen molar-refractivity contribution >= 4 is 29.3 Å². The fourth-order valence-corrected chi connectivity index (χ4v) is 2.72. The average Bonchev–Trinajstić information content (AvgIpc) is 3.25. The number of H-pyrrole nitrogens is 2. The van der Waals surface area contributed by atoms with Gasteiger partial charge < -0.3 is 9.40 Å². The Morgan fingerprint density at radius 2 is 2.13 bits per heavy atom. The maximum atomic E-state index is 5.37. The quantitative estimate of drug-likeness (QED) is 0.444. The Kier molecular flexibility index (Phi) is 3.20. The first-order chi connectivity index (χ1) is 11.2. The first kappa shape index (κ1) is 13.7. The highest BCUT2D eigenvalue weighted by Gasteiger charge is 2.11. The number of rotatable bonds is 3. The van der Waals surface area contributed by atoms with Crippen molar-refractivity contribution in [3.63, 3.8) is 0 Å². The summed E-state index contributed by atoms with van der Waals surface area (Å²) in [5.74, 6) is 1.14. The molecule has 3 aromatic heterocycles. The maximum absolute atomic E-state index is 5.37. The lowest BCUT2D eigenvalue weighted by molar-refractivity contribution is 0.573. The van der Waals surface area contributed by atoms with Crippen molar-refractivity contribution in [3.05, 3.63) is 58.7 Å². The zero-order valence-corrected chi connectivity index (χ0v) is 13.1.